The van der Waals surface area contributed by atoms with Crippen molar-refractivity contribution in [3.05, 3.63) is 48.3 Å². The number of nitrogens with zero attached hydrogens (tertiary/aromatic N) is 3. The predicted octanol–water partition coefficient (Wildman–Crippen LogP) is 1.73. The maximum absolute atomic E-state index is 13.8. The van der Waals surface area contributed by atoms with Crippen LogP contribution in [0, 0.1) is 5.82 Å². The van der Waals surface area contributed by atoms with Crippen LogP contribution in [0.2, 0.25) is 0 Å². The molecule has 0 unspecified atom stereocenters. The zero-order valence-corrected chi connectivity index (χ0v) is 9.38. The third kappa shape index (κ3) is 1.63. The molecule has 0 bridgehead atoms. The first-order valence-electron chi connectivity index (χ1n) is 5.47. The van der Waals surface area contributed by atoms with E-state index < -0.39 is 5.60 Å². The van der Waals surface area contributed by atoms with E-state index in [2.05, 4.69) is 10.1 Å². The normalized spacial score (nSPS) is 27.1. The van der Waals surface area contributed by atoms with Gasteiger partial charge in [-0.1, -0.05) is 18.2 Å². The standard InChI is InChI=1S/C12H12FN3O/c1-9-12(17-9,6-16-8-14-7-15-16)10-4-2-3-5-11(10)13/h2-5,7-9H,6H2,1H3/t9-,12+/m1/s1. The number of hydrogen-bond donors (Lipinski definition) is 0. The van der Waals surface area contributed by atoms with Gasteiger partial charge in [0.1, 0.15) is 24.1 Å². The van der Waals surface area contributed by atoms with Gasteiger partial charge in [-0.25, -0.2) is 14.1 Å². The summed E-state index contributed by atoms with van der Waals surface area (Å²) in [4.78, 5) is 3.88. The van der Waals surface area contributed by atoms with Gasteiger partial charge in [-0.2, -0.15) is 5.10 Å². The minimum atomic E-state index is -0.598. The third-order valence-corrected chi connectivity index (χ3v) is 3.18. The van der Waals surface area contributed by atoms with Gasteiger partial charge in [-0.15, -0.1) is 0 Å². The summed E-state index contributed by atoms with van der Waals surface area (Å²) in [6.07, 6.45) is 3.06. The van der Waals surface area contributed by atoms with Crippen LogP contribution in [0.1, 0.15) is 12.5 Å². The van der Waals surface area contributed by atoms with E-state index in [0.717, 1.165) is 0 Å². The largest absolute Gasteiger partial charge is 0.359 e. The molecule has 1 saturated heterocycles. The maximum atomic E-state index is 13.8. The molecular weight excluding hydrogens is 221 g/mol. The van der Waals surface area contributed by atoms with E-state index in [1.165, 1.54) is 12.4 Å². The van der Waals surface area contributed by atoms with Crippen LogP contribution in [-0.4, -0.2) is 20.9 Å². The highest BCUT2D eigenvalue weighted by atomic mass is 19.1. The Hall–Kier alpha value is -1.75. The van der Waals surface area contributed by atoms with Crippen LogP contribution in [-0.2, 0) is 16.9 Å². The Morgan fingerprint density at radius 2 is 2.24 bits per heavy atom. The predicted molar refractivity (Wildman–Crippen MR) is 58.6 cm³/mol. The summed E-state index contributed by atoms with van der Waals surface area (Å²) < 4.78 is 21.1. The Labute approximate surface area is 98.0 Å². The highest BCUT2D eigenvalue weighted by Gasteiger charge is 2.56. The first kappa shape index (κ1) is 10.4. The summed E-state index contributed by atoms with van der Waals surface area (Å²) in [5, 5.41) is 4.03. The van der Waals surface area contributed by atoms with Gasteiger partial charge in [0, 0.05) is 5.56 Å². The van der Waals surface area contributed by atoms with Gasteiger partial charge in [0.2, 0.25) is 0 Å². The van der Waals surface area contributed by atoms with Crippen molar-refractivity contribution in [3.63, 3.8) is 0 Å². The average molecular weight is 233 g/mol. The Morgan fingerprint density at radius 1 is 1.47 bits per heavy atom. The molecule has 0 radical (unpaired) electrons. The van der Waals surface area contributed by atoms with Crippen molar-refractivity contribution in [1.29, 1.82) is 0 Å². The van der Waals surface area contributed by atoms with E-state index in [-0.39, 0.29) is 11.9 Å². The fourth-order valence-electron chi connectivity index (χ4n) is 2.17. The molecule has 1 aromatic carbocycles. The molecule has 1 aliphatic rings. The minimum Gasteiger partial charge on any atom is -0.359 e. The van der Waals surface area contributed by atoms with Crippen LogP contribution >= 0.6 is 0 Å². The van der Waals surface area contributed by atoms with Gasteiger partial charge in [-0.3, -0.25) is 0 Å². The summed E-state index contributed by atoms with van der Waals surface area (Å²) in [7, 11) is 0. The lowest BCUT2D eigenvalue weighted by Gasteiger charge is -2.13. The number of aromatic nitrogens is 3. The second-order valence-electron chi connectivity index (χ2n) is 4.22. The summed E-state index contributed by atoms with van der Waals surface area (Å²) >= 11 is 0. The molecule has 0 N–H and O–H groups in total. The van der Waals surface area contributed by atoms with Crippen molar-refractivity contribution in [1.82, 2.24) is 14.8 Å². The molecular formula is C12H12FN3O. The number of epoxide rings is 1. The molecule has 1 fully saturated rings. The number of halogens is 1. The van der Waals surface area contributed by atoms with Gasteiger partial charge >= 0.3 is 0 Å². The van der Waals surface area contributed by atoms with E-state index >= 15 is 0 Å². The van der Waals surface area contributed by atoms with Gasteiger partial charge in [0.15, 0.2) is 0 Å². The molecule has 1 aliphatic heterocycles. The lowest BCUT2D eigenvalue weighted by molar-refractivity contribution is 0.258. The van der Waals surface area contributed by atoms with Gasteiger partial charge in [-0.05, 0) is 13.0 Å². The first-order chi connectivity index (χ1) is 8.22. The van der Waals surface area contributed by atoms with Crippen molar-refractivity contribution in [2.45, 2.75) is 25.2 Å². The van der Waals surface area contributed by atoms with E-state index in [1.807, 2.05) is 13.0 Å². The molecule has 0 aliphatic carbocycles. The minimum absolute atomic E-state index is 0.0106. The fraction of sp³-hybridized carbons (Fsp3) is 0.333. The lowest BCUT2D eigenvalue weighted by atomic mass is 9.95. The highest BCUT2D eigenvalue weighted by Crippen LogP contribution is 2.48. The Bertz CT molecular complexity index is 528. The second-order valence-corrected chi connectivity index (χ2v) is 4.22. The van der Waals surface area contributed by atoms with Crippen LogP contribution in [0.3, 0.4) is 0 Å². The molecule has 0 spiro atoms. The van der Waals surface area contributed by atoms with Crippen LogP contribution < -0.4 is 0 Å². The van der Waals surface area contributed by atoms with Crippen molar-refractivity contribution < 1.29 is 9.13 Å². The molecule has 3 rings (SSSR count). The van der Waals surface area contributed by atoms with Crippen LogP contribution in [0.4, 0.5) is 4.39 Å². The molecule has 2 aromatic rings. The van der Waals surface area contributed by atoms with Crippen molar-refractivity contribution in [2.24, 2.45) is 0 Å². The van der Waals surface area contributed by atoms with Gasteiger partial charge < -0.3 is 4.74 Å². The smallest absolute Gasteiger partial charge is 0.142 e. The van der Waals surface area contributed by atoms with Crippen LogP contribution in [0.15, 0.2) is 36.9 Å². The zero-order chi connectivity index (χ0) is 11.9. The molecule has 5 heteroatoms. The molecule has 0 saturated carbocycles. The van der Waals surface area contributed by atoms with Crippen molar-refractivity contribution >= 4 is 0 Å². The SMILES string of the molecule is C[C@H]1O[C@]1(Cn1cncn1)c1ccccc1F. The molecule has 17 heavy (non-hydrogen) atoms. The van der Waals surface area contributed by atoms with E-state index in [0.29, 0.717) is 12.1 Å². The Balaban J connectivity index is 1.96. The van der Waals surface area contributed by atoms with Crippen molar-refractivity contribution in [3.8, 4) is 0 Å². The number of benzene rings is 1. The monoisotopic (exact) mass is 233 g/mol. The van der Waals surface area contributed by atoms with Crippen LogP contribution in [0.5, 0.6) is 0 Å². The van der Waals surface area contributed by atoms with E-state index in [9.17, 15) is 4.39 Å². The van der Waals surface area contributed by atoms with E-state index in [4.69, 9.17) is 4.74 Å². The average Bonchev–Trinajstić information content (AvgIpc) is 2.76. The van der Waals surface area contributed by atoms with Gasteiger partial charge in [0.25, 0.3) is 0 Å². The number of rotatable bonds is 3. The fourth-order valence-corrected chi connectivity index (χ4v) is 2.17. The zero-order valence-electron chi connectivity index (χ0n) is 9.38. The quantitative estimate of drug-likeness (QED) is 0.758. The Morgan fingerprint density at radius 3 is 2.82 bits per heavy atom. The summed E-state index contributed by atoms with van der Waals surface area (Å²) in [6, 6.07) is 6.70. The second kappa shape index (κ2) is 3.63. The van der Waals surface area contributed by atoms with E-state index in [1.54, 1.807) is 23.1 Å². The number of hydrogen-bond acceptors (Lipinski definition) is 3. The molecule has 1 aromatic heterocycles. The third-order valence-electron chi connectivity index (χ3n) is 3.18. The Kier molecular flexibility index (Phi) is 2.22. The highest BCUT2D eigenvalue weighted by molar-refractivity contribution is 5.30. The van der Waals surface area contributed by atoms with Crippen molar-refractivity contribution in [2.75, 3.05) is 0 Å². The van der Waals surface area contributed by atoms with Gasteiger partial charge in [0.05, 0.1) is 12.6 Å². The number of ether oxygens (including phenoxy) is 1. The summed E-state index contributed by atoms with van der Waals surface area (Å²) in [5.74, 6) is -0.239. The summed E-state index contributed by atoms with van der Waals surface area (Å²) in [5.41, 5.74) is -0.0121. The first-order valence-corrected chi connectivity index (χ1v) is 5.47. The molecule has 88 valence electrons. The molecule has 2 heterocycles. The van der Waals surface area contributed by atoms with Crippen LogP contribution in [0.25, 0.3) is 0 Å². The topological polar surface area (TPSA) is 43.2 Å². The lowest BCUT2D eigenvalue weighted by Crippen LogP contribution is -2.21. The molecule has 4 nitrogen and oxygen atoms in total. The summed E-state index contributed by atoms with van der Waals surface area (Å²) in [6.45, 7) is 2.42. The maximum Gasteiger partial charge on any atom is 0.142 e. The molecule has 2 atom stereocenters. The molecule has 0 amide bonds.